The van der Waals surface area contributed by atoms with Crippen molar-refractivity contribution in [3.63, 3.8) is 0 Å². The molecule has 0 unspecified atom stereocenters. The highest BCUT2D eigenvalue weighted by Crippen LogP contribution is 2.19. The van der Waals surface area contributed by atoms with Crippen LogP contribution in [0.5, 0.6) is 0 Å². The zero-order valence-corrected chi connectivity index (χ0v) is 10.7. The summed E-state index contributed by atoms with van der Waals surface area (Å²) < 4.78 is 2.30. The normalized spacial score (nSPS) is 15.3. The van der Waals surface area contributed by atoms with Gasteiger partial charge in [0.2, 0.25) is 0 Å². The van der Waals surface area contributed by atoms with Gasteiger partial charge < -0.3 is 9.88 Å². The first-order chi connectivity index (χ1) is 8.40. The topological polar surface area (TPSA) is 17.0 Å². The second kappa shape index (κ2) is 5.07. The smallest absolute Gasteiger partial charge is 0.0268 e. The van der Waals surface area contributed by atoms with Crippen molar-refractivity contribution in [1.29, 1.82) is 0 Å². The van der Waals surface area contributed by atoms with E-state index < -0.39 is 0 Å². The number of thiophene rings is 1. The van der Waals surface area contributed by atoms with E-state index >= 15 is 0 Å². The molecule has 0 radical (unpaired) electrons. The highest BCUT2D eigenvalue weighted by molar-refractivity contribution is 7.09. The molecular formula is C14H18N2S. The summed E-state index contributed by atoms with van der Waals surface area (Å²) in [6.45, 7) is 2.11. The monoisotopic (exact) mass is 246 g/mol. The Morgan fingerprint density at radius 3 is 3.06 bits per heavy atom. The van der Waals surface area contributed by atoms with Gasteiger partial charge in [-0.1, -0.05) is 6.07 Å². The van der Waals surface area contributed by atoms with Crippen LogP contribution >= 0.6 is 11.3 Å². The first-order valence-corrected chi connectivity index (χ1v) is 7.18. The van der Waals surface area contributed by atoms with Crippen molar-refractivity contribution in [2.75, 3.05) is 0 Å². The van der Waals surface area contributed by atoms with Gasteiger partial charge in [0.1, 0.15) is 0 Å². The number of rotatable bonds is 6. The van der Waals surface area contributed by atoms with Crippen LogP contribution in [0.2, 0.25) is 0 Å². The summed E-state index contributed by atoms with van der Waals surface area (Å²) in [5.74, 6) is 0. The molecule has 0 atom stereocenters. The van der Waals surface area contributed by atoms with Crippen molar-refractivity contribution < 1.29 is 0 Å². The van der Waals surface area contributed by atoms with E-state index in [1.165, 1.54) is 23.3 Å². The van der Waals surface area contributed by atoms with Crippen LogP contribution in [-0.4, -0.2) is 10.6 Å². The Bertz CT molecular complexity index is 454. The van der Waals surface area contributed by atoms with Crippen molar-refractivity contribution >= 4 is 11.3 Å². The number of hydrogen-bond acceptors (Lipinski definition) is 2. The SMILES string of the molecule is c1csc(CCn2ccc(CNC3CC3)c2)c1. The Labute approximate surface area is 106 Å². The molecule has 2 aromatic rings. The number of aromatic nitrogens is 1. The maximum absolute atomic E-state index is 3.54. The number of nitrogens with zero attached hydrogens (tertiary/aromatic N) is 1. The van der Waals surface area contributed by atoms with E-state index in [1.807, 2.05) is 11.3 Å². The summed E-state index contributed by atoms with van der Waals surface area (Å²) in [6.07, 6.45) is 8.32. The van der Waals surface area contributed by atoms with Crippen molar-refractivity contribution in [2.45, 2.75) is 38.4 Å². The van der Waals surface area contributed by atoms with E-state index in [9.17, 15) is 0 Å². The molecule has 2 nitrogen and oxygen atoms in total. The van der Waals surface area contributed by atoms with Gasteiger partial charge in [-0.15, -0.1) is 11.3 Å². The second-order valence-electron chi connectivity index (χ2n) is 4.74. The molecule has 2 heterocycles. The van der Waals surface area contributed by atoms with Crippen molar-refractivity contribution in [3.05, 3.63) is 46.4 Å². The van der Waals surface area contributed by atoms with Crippen molar-refractivity contribution in [1.82, 2.24) is 9.88 Å². The van der Waals surface area contributed by atoms with Crippen LogP contribution in [0, 0.1) is 0 Å². The second-order valence-corrected chi connectivity index (χ2v) is 5.77. The minimum absolute atomic E-state index is 0.796. The minimum atomic E-state index is 0.796. The van der Waals surface area contributed by atoms with Crippen LogP contribution in [0.1, 0.15) is 23.3 Å². The van der Waals surface area contributed by atoms with Crippen LogP contribution in [0.25, 0.3) is 0 Å². The standard InChI is InChI=1S/C14H18N2S/c1-2-14(17-9-1)6-8-16-7-5-12(11-16)10-15-13-3-4-13/h1-2,5,7,9,11,13,15H,3-4,6,8,10H2. The molecule has 90 valence electrons. The number of aryl methyl sites for hydroxylation is 2. The molecule has 0 bridgehead atoms. The third kappa shape index (κ3) is 3.20. The van der Waals surface area contributed by atoms with Gasteiger partial charge >= 0.3 is 0 Å². The van der Waals surface area contributed by atoms with Gasteiger partial charge in [-0.3, -0.25) is 0 Å². The van der Waals surface area contributed by atoms with E-state index in [0.29, 0.717) is 0 Å². The van der Waals surface area contributed by atoms with Crippen molar-refractivity contribution in [3.8, 4) is 0 Å². The van der Waals surface area contributed by atoms with Gasteiger partial charge in [-0.2, -0.15) is 0 Å². The molecule has 1 saturated carbocycles. The molecule has 1 fully saturated rings. The Morgan fingerprint density at radius 2 is 2.29 bits per heavy atom. The summed E-state index contributed by atoms with van der Waals surface area (Å²) >= 11 is 1.85. The highest BCUT2D eigenvalue weighted by Gasteiger charge is 2.19. The fourth-order valence-electron chi connectivity index (χ4n) is 1.98. The predicted molar refractivity (Wildman–Crippen MR) is 72.3 cm³/mol. The van der Waals surface area contributed by atoms with Crippen LogP contribution in [0.4, 0.5) is 0 Å². The highest BCUT2D eigenvalue weighted by atomic mass is 32.1. The van der Waals surface area contributed by atoms with E-state index in [2.05, 4.69) is 45.9 Å². The summed E-state index contributed by atoms with van der Waals surface area (Å²) in [6, 6.07) is 7.36. The molecule has 1 aliphatic rings. The van der Waals surface area contributed by atoms with Crippen LogP contribution in [0.15, 0.2) is 36.0 Å². The molecule has 17 heavy (non-hydrogen) atoms. The molecule has 0 spiro atoms. The summed E-state index contributed by atoms with van der Waals surface area (Å²) in [7, 11) is 0. The predicted octanol–water partition coefficient (Wildman–Crippen LogP) is 3.04. The lowest BCUT2D eigenvalue weighted by atomic mass is 10.3. The molecule has 1 N–H and O–H groups in total. The van der Waals surface area contributed by atoms with E-state index in [1.54, 1.807) is 0 Å². The molecule has 0 saturated heterocycles. The molecule has 2 aromatic heterocycles. The Kier molecular flexibility index (Phi) is 3.29. The molecule has 1 aliphatic carbocycles. The first-order valence-electron chi connectivity index (χ1n) is 6.30. The molecule has 3 rings (SSSR count). The third-order valence-electron chi connectivity index (χ3n) is 3.18. The van der Waals surface area contributed by atoms with Gasteiger partial charge in [0.15, 0.2) is 0 Å². The van der Waals surface area contributed by atoms with Crippen LogP contribution < -0.4 is 5.32 Å². The van der Waals surface area contributed by atoms with Gasteiger partial charge in [0.25, 0.3) is 0 Å². The Morgan fingerprint density at radius 1 is 1.35 bits per heavy atom. The van der Waals surface area contributed by atoms with Gasteiger partial charge in [0.05, 0.1) is 0 Å². The lowest BCUT2D eigenvalue weighted by Gasteiger charge is -2.01. The minimum Gasteiger partial charge on any atom is -0.354 e. The zero-order valence-electron chi connectivity index (χ0n) is 9.93. The molecule has 3 heteroatoms. The van der Waals surface area contributed by atoms with Gasteiger partial charge in [0, 0.05) is 36.4 Å². The molecule has 0 aliphatic heterocycles. The van der Waals surface area contributed by atoms with Gasteiger partial charge in [-0.25, -0.2) is 0 Å². The maximum Gasteiger partial charge on any atom is 0.0268 e. The average Bonchev–Trinajstić information content (AvgIpc) is 2.86. The summed E-state index contributed by atoms with van der Waals surface area (Å²) in [4.78, 5) is 1.47. The van der Waals surface area contributed by atoms with Gasteiger partial charge in [-0.05, 0) is 42.3 Å². The lowest BCUT2D eigenvalue weighted by Crippen LogP contribution is -2.14. The summed E-state index contributed by atoms with van der Waals surface area (Å²) in [5.41, 5.74) is 1.41. The molecular weight excluding hydrogens is 228 g/mol. The van der Waals surface area contributed by atoms with E-state index in [4.69, 9.17) is 0 Å². The quantitative estimate of drug-likeness (QED) is 0.829. The first kappa shape index (κ1) is 11.1. The summed E-state index contributed by atoms with van der Waals surface area (Å²) in [5, 5.41) is 5.69. The Hall–Kier alpha value is -1.06. The number of hydrogen-bond donors (Lipinski definition) is 1. The van der Waals surface area contributed by atoms with E-state index in [-0.39, 0.29) is 0 Å². The third-order valence-corrected chi connectivity index (χ3v) is 4.12. The largest absolute Gasteiger partial charge is 0.354 e. The van der Waals surface area contributed by atoms with Crippen LogP contribution in [0.3, 0.4) is 0 Å². The zero-order chi connectivity index (χ0) is 11.5. The Balaban J connectivity index is 1.49. The fourth-order valence-corrected chi connectivity index (χ4v) is 2.68. The lowest BCUT2D eigenvalue weighted by molar-refractivity contribution is 0.675. The molecule has 0 amide bonds. The van der Waals surface area contributed by atoms with Crippen molar-refractivity contribution in [2.24, 2.45) is 0 Å². The maximum atomic E-state index is 3.54. The number of nitrogens with one attached hydrogen (secondary N) is 1. The fraction of sp³-hybridized carbons (Fsp3) is 0.429. The van der Waals surface area contributed by atoms with E-state index in [0.717, 1.165) is 25.6 Å². The average molecular weight is 246 g/mol. The van der Waals surface area contributed by atoms with Crippen LogP contribution in [-0.2, 0) is 19.5 Å². The molecule has 0 aromatic carbocycles.